The van der Waals surface area contributed by atoms with Crippen LogP contribution in [0.5, 0.6) is 0 Å². The Kier molecular flexibility index (Phi) is 12.6. The van der Waals surface area contributed by atoms with Crippen molar-refractivity contribution in [2.75, 3.05) is 20.1 Å². The predicted molar refractivity (Wildman–Crippen MR) is 103 cm³/mol. The molecular formula is C16H27IN4O. The topological polar surface area (TPSA) is 65.5 Å². The Hall–Kier alpha value is -1.31. The minimum absolute atomic E-state index is 0. The first-order valence-corrected chi connectivity index (χ1v) is 7.51. The Morgan fingerprint density at radius 3 is 2.45 bits per heavy atom. The summed E-state index contributed by atoms with van der Waals surface area (Å²) in [6.45, 7) is 3.81. The van der Waals surface area contributed by atoms with Gasteiger partial charge in [-0.2, -0.15) is 0 Å². The number of benzene rings is 1. The fourth-order valence-corrected chi connectivity index (χ4v) is 1.83. The molecule has 0 atom stereocenters. The Morgan fingerprint density at radius 1 is 1.09 bits per heavy atom. The Labute approximate surface area is 150 Å². The Bertz CT molecular complexity index is 437. The molecule has 124 valence electrons. The number of unbranched alkanes of at least 4 members (excludes halogenated alkanes) is 2. The molecule has 0 aliphatic heterocycles. The highest BCUT2D eigenvalue weighted by atomic mass is 127. The normalized spacial score (nSPS) is 10.5. The molecule has 0 saturated carbocycles. The second-order valence-corrected chi connectivity index (χ2v) is 4.82. The van der Waals surface area contributed by atoms with Gasteiger partial charge in [0.05, 0.1) is 6.54 Å². The number of hydrogen-bond donors (Lipinski definition) is 3. The third-order valence-corrected chi connectivity index (χ3v) is 3.05. The van der Waals surface area contributed by atoms with E-state index in [1.54, 1.807) is 7.05 Å². The summed E-state index contributed by atoms with van der Waals surface area (Å²) in [5.41, 5.74) is 1.09. The predicted octanol–water partition coefficient (Wildman–Crippen LogP) is 2.28. The largest absolute Gasteiger partial charge is 0.356 e. The second kappa shape index (κ2) is 13.4. The molecule has 0 aromatic heterocycles. The molecule has 5 nitrogen and oxygen atoms in total. The highest BCUT2D eigenvalue weighted by Crippen LogP contribution is 1.96. The van der Waals surface area contributed by atoms with Crippen LogP contribution in [-0.2, 0) is 11.3 Å². The van der Waals surface area contributed by atoms with E-state index in [0.29, 0.717) is 12.5 Å². The zero-order chi connectivity index (χ0) is 15.3. The SMILES string of the molecule is CCCCCNC(=NC)NCC(=O)NCc1ccccc1.I. The molecule has 1 rings (SSSR count). The average Bonchev–Trinajstić information content (AvgIpc) is 2.53. The summed E-state index contributed by atoms with van der Waals surface area (Å²) in [5, 5.41) is 9.07. The van der Waals surface area contributed by atoms with Gasteiger partial charge in [0.15, 0.2) is 5.96 Å². The van der Waals surface area contributed by atoms with E-state index >= 15 is 0 Å². The summed E-state index contributed by atoms with van der Waals surface area (Å²) in [5.74, 6) is 0.622. The number of halogens is 1. The van der Waals surface area contributed by atoms with Gasteiger partial charge >= 0.3 is 0 Å². The van der Waals surface area contributed by atoms with Crippen molar-refractivity contribution < 1.29 is 4.79 Å². The van der Waals surface area contributed by atoms with Crippen LogP contribution in [0.25, 0.3) is 0 Å². The van der Waals surface area contributed by atoms with Crippen molar-refractivity contribution in [3.05, 3.63) is 35.9 Å². The van der Waals surface area contributed by atoms with Crippen molar-refractivity contribution in [1.82, 2.24) is 16.0 Å². The standard InChI is InChI=1S/C16H26N4O.HI/c1-3-4-8-11-18-16(17-2)20-13-15(21)19-12-14-9-6-5-7-10-14;/h5-7,9-10H,3-4,8,11-13H2,1-2H3,(H,19,21)(H2,17,18,20);1H. The fourth-order valence-electron chi connectivity index (χ4n) is 1.83. The number of hydrogen-bond acceptors (Lipinski definition) is 2. The van der Waals surface area contributed by atoms with Crippen molar-refractivity contribution in [2.24, 2.45) is 4.99 Å². The van der Waals surface area contributed by atoms with Crippen molar-refractivity contribution >= 4 is 35.8 Å². The molecule has 1 aromatic rings. The van der Waals surface area contributed by atoms with Crippen LogP contribution in [0, 0.1) is 0 Å². The van der Waals surface area contributed by atoms with Gasteiger partial charge in [-0.25, -0.2) is 0 Å². The Balaban J connectivity index is 0.00000441. The first kappa shape index (κ1) is 20.7. The molecule has 0 unspecified atom stereocenters. The number of nitrogens with one attached hydrogen (secondary N) is 3. The van der Waals surface area contributed by atoms with Crippen molar-refractivity contribution in [1.29, 1.82) is 0 Å². The maximum Gasteiger partial charge on any atom is 0.239 e. The molecule has 3 N–H and O–H groups in total. The van der Waals surface area contributed by atoms with E-state index in [0.717, 1.165) is 18.5 Å². The van der Waals surface area contributed by atoms with E-state index in [1.165, 1.54) is 12.8 Å². The van der Waals surface area contributed by atoms with Crippen LogP contribution in [-0.4, -0.2) is 32.0 Å². The van der Waals surface area contributed by atoms with Gasteiger partial charge in [-0.15, -0.1) is 24.0 Å². The van der Waals surface area contributed by atoms with Gasteiger partial charge in [0.1, 0.15) is 0 Å². The van der Waals surface area contributed by atoms with E-state index in [2.05, 4.69) is 27.9 Å². The van der Waals surface area contributed by atoms with E-state index < -0.39 is 0 Å². The summed E-state index contributed by atoms with van der Waals surface area (Å²) >= 11 is 0. The van der Waals surface area contributed by atoms with Gasteiger partial charge in [0.2, 0.25) is 5.91 Å². The van der Waals surface area contributed by atoms with E-state index in [-0.39, 0.29) is 36.4 Å². The molecule has 22 heavy (non-hydrogen) atoms. The maximum absolute atomic E-state index is 11.8. The molecule has 0 radical (unpaired) electrons. The molecule has 6 heteroatoms. The highest BCUT2D eigenvalue weighted by Gasteiger charge is 2.03. The minimum Gasteiger partial charge on any atom is -0.356 e. The van der Waals surface area contributed by atoms with Gasteiger partial charge in [0, 0.05) is 20.1 Å². The highest BCUT2D eigenvalue weighted by molar-refractivity contribution is 14.0. The Morgan fingerprint density at radius 2 is 1.82 bits per heavy atom. The first-order chi connectivity index (χ1) is 10.3. The molecule has 0 bridgehead atoms. The summed E-state index contributed by atoms with van der Waals surface area (Å²) < 4.78 is 0. The van der Waals surface area contributed by atoms with Crippen LogP contribution < -0.4 is 16.0 Å². The number of carbonyl (C=O) groups excluding carboxylic acids is 1. The van der Waals surface area contributed by atoms with Crippen LogP contribution in [0.2, 0.25) is 0 Å². The number of amides is 1. The molecule has 0 spiro atoms. The maximum atomic E-state index is 11.8. The van der Waals surface area contributed by atoms with Crippen molar-refractivity contribution in [3.63, 3.8) is 0 Å². The van der Waals surface area contributed by atoms with Crippen molar-refractivity contribution in [2.45, 2.75) is 32.7 Å². The molecule has 0 saturated heterocycles. The molecule has 0 aliphatic carbocycles. The van der Waals surface area contributed by atoms with Crippen molar-refractivity contribution in [3.8, 4) is 0 Å². The molecule has 0 aliphatic rings. The zero-order valence-electron chi connectivity index (χ0n) is 13.4. The van der Waals surface area contributed by atoms with E-state index in [9.17, 15) is 4.79 Å². The lowest BCUT2D eigenvalue weighted by molar-refractivity contribution is -0.120. The smallest absolute Gasteiger partial charge is 0.239 e. The van der Waals surface area contributed by atoms with Gasteiger partial charge in [-0.1, -0.05) is 50.1 Å². The second-order valence-electron chi connectivity index (χ2n) is 4.82. The van der Waals surface area contributed by atoms with Crippen LogP contribution in [0.1, 0.15) is 31.7 Å². The number of nitrogens with zero attached hydrogens (tertiary/aromatic N) is 1. The summed E-state index contributed by atoms with van der Waals surface area (Å²) in [7, 11) is 1.71. The number of carbonyl (C=O) groups is 1. The van der Waals surface area contributed by atoms with E-state index in [4.69, 9.17) is 0 Å². The molecule has 0 fully saturated rings. The number of guanidine groups is 1. The monoisotopic (exact) mass is 418 g/mol. The van der Waals surface area contributed by atoms with E-state index in [1.807, 2.05) is 30.3 Å². The minimum atomic E-state index is -0.0460. The number of aliphatic imine (C=N–C) groups is 1. The molecule has 1 aromatic carbocycles. The lowest BCUT2D eigenvalue weighted by Gasteiger charge is -2.11. The third kappa shape index (κ3) is 9.59. The first-order valence-electron chi connectivity index (χ1n) is 7.51. The lowest BCUT2D eigenvalue weighted by Crippen LogP contribution is -2.43. The molecular weight excluding hydrogens is 391 g/mol. The molecule has 0 heterocycles. The summed E-state index contributed by atoms with van der Waals surface area (Å²) in [6.07, 6.45) is 3.49. The average molecular weight is 418 g/mol. The lowest BCUT2D eigenvalue weighted by atomic mass is 10.2. The van der Waals surface area contributed by atoms with Gasteiger partial charge in [0.25, 0.3) is 0 Å². The zero-order valence-corrected chi connectivity index (χ0v) is 15.7. The van der Waals surface area contributed by atoms with Gasteiger partial charge in [-0.3, -0.25) is 9.79 Å². The van der Waals surface area contributed by atoms with Crippen LogP contribution >= 0.6 is 24.0 Å². The molecule has 1 amide bonds. The van der Waals surface area contributed by atoms with Crippen LogP contribution in [0.15, 0.2) is 35.3 Å². The van der Waals surface area contributed by atoms with Gasteiger partial charge < -0.3 is 16.0 Å². The third-order valence-electron chi connectivity index (χ3n) is 3.05. The summed E-state index contributed by atoms with van der Waals surface area (Å²) in [4.78, 5) is 15.8. The van der Waals surface area contributed by atoms with Gasteiger partial charge in [-0.05, 0) is 12.0 Å². The van der Waals surface area contributed by atoms with Crippen LogP contribution in [0.3, 0.4) is 0 Å². The number of rotatable bonds is 8. The summed E-state index contributed by atoms with van der Waals surface area (Å²) in [6, 6.07) is 9.86. The van der Waals surface area contributed by atoms with Crippen LogP contribution in [0.4, 0.5) is 0 Å². The fraction of sp³-hybridized carbons (Fsp3) is 0.500. The quantitative estimate of drug-likeness (QED) is 0.263.